The van der Waals surface area contributed by atoms with Crippen molar-refractivity contribution in [2.45, 2.75) is 6.42 Å². The third-order valence-corrected chi connectivity index (χ3v) is 3.19. The molecule has 0 bridgehead atoms. The number of rotatable bonds is 5. The minimum atomic E-state index is 0.601. The molecule has 0 saturated heterocycles. The predicted octanol–water partition coefficient (Wildman–Crippen LogP) is 3.55. The van der Waals surface area contributed by atoms with E-state index in [0.717, 1.165) is 24.6 Å². The molecule has 0 N–H and O–H groups in total. The monoisotopic (exact) mass is 267 g/mol. The molecule has 1 heterocycles. The maximum atomic E-state index is 5.70. The van der Waals surface area contributed by atoms with E-state index in [9.17, 15) is 0 Å². The van der Waals surface area contributed by atoms with Gasteiger partial charge in [0, 0.05) is 0 Å². The van der Waals surface area contributed by atoms with Gasteiger partial charge in [-0.15, -0.1) is 0 Å². The van der Waals surface area contributed by atoms with Crippen LogP contribution in [0, 0.1) is 0 Å². The Labute approximate surface area is 118 Å². The van der Waals surface area contributed by atoms with E-state index < -0.39 is 0 Å². The summed E-state index contributed by atoms with van der Waals surface area (Å²) in [5.41, 5.74) is 2.41. The van der Waals surface area contributed by atoms with Crippen molar-refractivity contribution in [3.63, 3.8) is 0 Å². The van der Waals surface area contributed by atoms with Crippen molar-refractivity contribution in [1.29, 1.82) is 0 Å². The van der Waals surface area contributed by atoms with Crippen molar-refractivity contribution >= 4 is 5.90 Å². The second-order valence-electron chi connectivity index (χ2n) is 4.61. The first-order valence-electron chi connectivity index (χ1n) is 6.86. The average Bonchev–Trinajstić information content (AvgIpc) is 3.02. The average molecular weight is 267 g/mol. The lowest BCUT2D eigenvalue weighted by atomic mass is 10.1. The van der Waals surface area contributed by atoms with Crippen molar-refractivity contribution < 1.29 is 9.47 Å². The molecule has 20 heavy (non-hydrogen) atoms. The van der Waals surface area contributed by atoms with Crippen molar-refractivity contribution in [3.05, 3.63) is 54.6 Å². The lowest BCUT2D eigenvalue weighted by molar-refractivity contribution is 0.297. The van der Waals surface area contributed by atoms with Crippen molar-refractivity contribution in [2.75, 3.05) is 19.8 Å². The quantitative estimate of drug-likeness (QED) is 0.829. The number of nitrogens with zero attached hydrogens (tertiary/aromatic N) is 1. The molecular formula is C17H17NO2. The van der Waals surface area contributed by atoms with Gasteiger partial charge in [0.25, 0.3) is 0 Å². The lowest BCUT2D eigenvalue weighted by Crippen LogP contribution is -2.06. The Morgan fingerprint density at radius 3 is 2.40 bits per heavy atom. The molecule has 1 aliphatic rings. The largest absolute Gasteiger partial charge is 0.493 e. The van der Waals surface area contributed by atoms with Crippen LogP contribution in [-0.4, -0.2) is 25.7 Å². The minimum Gasteiger partial charge on any atom is -0.493 e. The zero-order valence-corrected chi connectivity index (χ0v) is 11.3. The van der Waals surface area contributed by atoms with Gasteiger partial charge in [-0.3, -0.25) is 4.99 Å². The molecule has 0 amide bonds. The normalized spacial score (nSPS) is 13.7. The van der Waals surface area contributed by atoms with E-state index in [2.05, 4.69) is 29.3 Å². The highest BCUT2D eigenvalue weighted by Gasteiger charge is 2.06. The lowest BCUT2D eigenvalue weighted by Gasteiger charge is -2.07. The summed E-state index contributed by atoms with van der Waals surface area (Å²) in [4.78, 5) is 4.24. The Morgan fingerprint density at radius 1 is 0.950 bits per heavy atom. The van der Waals surface area contributed by atoms with Crippen LogP contribution in [0.4, 0.5) is 0 Å². The van der Waals surface area contributed by atoms with Crippen LogP contribution in [0.5, 0.6) is 5.75 Å². The highest BCUT2D eigenvalue weighted by Crippen LogP contribution is 2.22. The molecule has 0 aromatic heterocycles. The Kier molecular flexibility index (Phi) is 3.97. The second-order valence-corrected chi connectivity index (χ2v) is 4.61. The summed E-state index contributed by atoms with van der Waals surface area (Å²) in [6.07, 6.45) is 0.737. The zero-order valence-electron chi connectivity index (χ0n) is 11.3. The maximum absolute atomic E-state index is 5.70. The van der Waals surface area contributed by atoms with Gasteiger partial charge < -0.3 is 9.47 Å². The van der Waals surface area contributed by atoms with E-state index in [1.807, 2.05) is 30.3 Å². The van der Waals surface area contributed by atoms with Gasteiger partial charge >= 0.3 is 0 Å². The third-order valence-electron chi connectivity index (χ3n) is 3.19. The SMILES string of the molecule is c1ccc(-c2ccc(OCCC3=NCCO3)cc2)cc1. The van der Waals surface area contributed by atoms with Crippen LogP contribution in [0.1, 0.15) is 6.42 Å². The summed E-state index contributed by atoms with van der Waals surface area (Å²) < 4.78 is 11.0. The van der Waals surface area contributed by atoms with Crippen LogP contribution in [0.2, 0.25) is 0 Å². The molecule has 0 fully saturated rings. The first-order chi connectivity index (χ1) is 9.92. The molecule has 1 aliphatic heterocycles. The van der Waals surface area contributed by atoms with Crippen molar-refractivity contribution in [1.82, 2.24) is 0 Å². The fourth-order valence-corrected chi connectivity index (χ4v) is 2.16. The molecule has 102 valence electrons. The molecule has 0 radical (unpaired) electrons. The van der Waals surface area contributed by atoms with E-state index in [4.69, 9.17) is 9.47 Å². The molecule has 2 aromatic carbocycles. The van der Waals surface area contributed by atoms with Gasteiger partial charge in [0.05, 0.1) is 19.6 Å². The summed E-state index contributed by atoms with van der Waals surface area (Å²) in [6.45, 7) is 2.09. The van der Waals surface area contributed by atoms with Gasteiger partial charge in [0.15, 0.2) is 5.90 Å². The van der Waals surface area contributed by atoms with Crippen LogP contribution in [0.15, 0.2) is 59.6 Å². The van der Waals surface area contributed by atoms with Crippen LogP contribution >= 0.6 is 0 Å². The summed E-state index contributed by atoms with van der Waals surface area (Å²) >= 11 is 0. The van der Waals surface area contributed by atoms with Gasteiger partial charge in [0.2, 0.25) is 0 Å². The van der Waals surface area contributed by atoms with Crippen molar-refractivity contribution in [3.8, 4) is 16.9 Å². The third kappa shape index (κ3) is 3.18. The van der Waals surface area contributed by atoms with E-state index in [-0.39, 0.29) is 0 Å². The molecule has 3 rings (SSSR count). The Bertz CT molecular complexity index is 576. The number of benzene rings is 2. The number of hydrogen-bond acceptors (Lipinski definition) is 3. The Balaban J connectivity index is 1.56. The van der Waals surface area contributed by atoms with Gasteiger partial charge in [-0.05, 0) is 23.3 Å². The molecular weight excluding hydrogens is 250 g/mol. The van der Waals surface area contributed by atoms with Crippen LogP contribution < -0.4 is 4.74 Å². The van der Waals surface area contributed by atoms with Crippen LogP contribution in [0.25, 0.3) is 11.1 Å². The smallest absolute Gasteiger partial charge is 0.186 e. The second kappa shape index (κ2) is 6.24. The highest BCUT2D eigenvalue weighted by molar-refractivity contribution is 5.77. The maximum Gasteiger partial charge on any atom is 0.186 e. The molecule has 3 nitrogen and oxygen atoms in total. The fraction of sp³-hybridized carbons (Fsp3) is 0.235. The zero-order chi connectivity index (χ0) is 13.6. The van der Waals surface area contributed by atoms with Crippen LogP contribution in [0.3, 0.4) is 0 Å². The van der Waals surface area contributed by atoms with E-state index in [0.29, 0.717) is 13.2 Å². The van der Waals surface area contributed by atoms with Gasteiger partial charge in [-0.2, -0.15) is 0 Å². The van der Waals surface area contributed by atoms with Gasteiger partial charge in [-0.25, -0.2) is 0 Å². The molecule has 3 heteroatoms. The molecule has 0 aliphatic carbocycles. The first-order valence-corrected chi connectivity index (χ1v) is 6.86. The molecule has 0 saturated carbocycles. The Hall–Kier alpha value is -2.29. The number of hydrogen-bond donors (Lipinski definition) is 0. The Morgan fingerprint density at radius 2 is 1.70 bits per heavy atom. The van der Waals surface area contributed by atoms with Gasteiger partial charge in [-0.1, -0.05) is 42.5 Å². The first kappa shape index (κ1) is 12.7. The van der Waals surface area contributed by atoms with Crippen molar-refractivity contribution in [2.24, 2.45) is 4.99 Å². The van der Waals surface area contributed by atoms with Gasteiger partial charge in [0.1, 0.15) is 12.4 Å². The number of aliphatic imine (C=N–C) groups is 1. The molecule has 2 aromatic rings. The molecule has 0 unspecified atom stereocenters. The van der Waals surface area contributed by atoms with E-state index in [1.54, 1.807) is 0 Å². The topological polar surface area (TPSA) is 30.8 Å². The standard InChI is InChI=1S/C17H17NO2/c1-2-4-14(5-3-1)15-6-8-16(9-7-15)19-12-10-17-18-11-13-20-17/h1-9H,10-13H2. The fourth-order valence-electron chi connectivity index (χ4n) is 2.16. The summed E-state index contributed by atoms with van der Waals surface area (Å²) in [5.74, 6) is 1.69. The van der Waals surface area contributed by atoms with Crippen LogP contribution in [-0.2, 0) is 4.74 Å². The summed E-state index contributed by atoms with van der Waals surface area (Å²) in [5, 5.41) is 0. The minimum absolute atomic E-state index is 0.601. The summed E-state index contributed by atoms with van der Waals surface area (Å²) in [6, 6.07) is 18.5. The molecule has 0 atom stereocenters. The predicted molar refractivity (Wildman–Crippen MR) is 80.2 cm³/mol. The number of ether oxygens (including phenoxy) is 2. The van der Waals surface area contributed by atoms with E-state index >= 15 is 0 Å². The summed E-state index contributed by atoms with van der Waals surface area (Å²) in [7, 11) is 0. The highest BCUT2D eigenvalue weighted by atomic mass is 16.5. The van der Waals surface area contributed by atoms with E-state index in [1.165, 1.54) is 11.1 Å². The molecule has 0 spiro atoms.